The molecular formula is C6H9N3O. The third kappa shape index (κ3) is 1.15. The van der Waals surface area contributed by atoms with Crippen molar-refractivity contribution in [2.24, 2.45) is 4.99 Å². The predicted molar refractivity (Wildman–Crippen MR) is 35.6 cm³/mol. The van der Waals surface area contributed by atoms with E-state index in [1.54, 1.807) is 20.0 Å². The fraction of sp³-hybridized carbons (Fsp3) is 0.333. The Kier molecular flexibility index (Phi) is 1.71. The number of aryl methyl sites for hydroxylation is 1. The summed E-state index contributed by atoms with van der Waals surface area (Å²) in [4.78, 5) is 7.64. The number of nitrogens with zero attached hydrogens (tertiary/aromatic N) is 3. The molecule has 0 aliphatic heterocycles. The molecule has 1 rings (SSSR count). The Labute approximate surface area is 58.5 Å². The lowest BCUT2D eigenvalue weighted by atomic mass is 10.4. The van der Waals surface area contributed by atoms with Crippen molar-refractivity contribution in [3.8, 4) is 0 Å². The van der Waals surface area contributed by atoms with Crippen molar-refractivity contribution in [3.05, 3.63) is 23.6 Å². The molecule has 0 bridgehead atoms. The lowest BCUT2D eigenvalue weighted by Gasteiger charge is -1.98. The van der Waals surface area contributed by atoms with Crippen LogP contribution in [0.25, 0.3) is 0 Å². The average Bonchev–Trinajstić information content (AvgIpc) is 1.95. The highest BCUT2D eigenvalue weighted by molar-refractivity contribution is 4.94. The molecule has 0 aliphatic rings. The zero-order valence-corrected chi connectivity index (χ0v) is 5.94. The molecule has 4 heteroatoms. The predicted octanol–water partition coefficient (Wildman–Crippen LogP) is -0.0407. The molecule has 1 N–H and O–H groups in total. The van der Waals surface area contributed by atoms with E-state index < -0.39 is 0 Å². The zero-order chi connectivity index (χ0) is 7.56. The Morgan fingerprint density at radius 1 is 1.70 bits per heavy atom. The summed E-state index contributed by atoms with van der Waals surface area (Å²) < 4.78 is 0.953. The van der Waals surface area contributed by atoms with Gasteiger partial charge in [0.05, 0.1) is 5.69 Å². The Hall–Kier alpha value is -1.32. The first-order valence-corrected chi connectivity index (χ1v) is 2.91. The van der Waals surface area contributed by atoms with Crippen LogP contribution in [0, 0.1) is 6.92 Å². The number of aromatic nitrogens is 2. The smallest absolute Gasteiger partial charge is 0.150 e. The summed E-state index contributed by atoms with van der Waals surface area (Å²) in [7, 11) is 1.66. The summed E-state index contributed by atoms with van der Waals surface area (Å²) in [5.74, 6) is 0. The van der Waals surface area contributed by atoms with Crippen molar-refractivity contribution in [2.45, 2.75) is 6.92 Å². The number of rotatable bonds is 0. The lowest BCUT2D eigenvalue weighted by molar-refractivity contribution is 0.173. The van der Waals surface area contributed by atoms with E-state index in [9.17, 15) is 0 Å². The monoisotopic (exact) mass is 139 g/mol. The van der Waals surface area contributed by atoms with Gasteiger partial charge in [-0.3, -0.25) is 4.99 Å². The minimum Gasteiger partial charge on any atom is -0.427 e. The van der Waals surface area contributed by atoms with Gasteiger partial charge >= 0.3 is 0 Å². The quantitative estimate of drug-likeness (QED) is 0.513. The van der Waals surface area contributed by atoms with Crippen molar-refractivity contribution in [2.75, 3.05) is 7.05 Å². The van der Waals surface area contributed by atoms with E-state index in [1.807, 2.05) is 0 Å². The molecule has 0 aliphatic carbocycles. The minimum atomic E-state index is 0.628. The molecule has 0 spiro atoms. The number of hydrogen-bond donors (Lipinski definition) is 1. The van der Waals surface area contributed by atoms with Crippen LogP contribution in [-0.4, -0.2) is 22.0 Å². The van der Waals surface area contributed by atoms with E-state index in [4.69, 9.17) is 5.21 Å². The van der Waals surface area contributed by atoms with Gasteiger partial charge in [-0.2, -0.15) is 4.73 Å². The Morgan fingerprint density at radius 3 is 2.90 bits per heavy atom. The molecule has 10 heavy (non-hydrogen) atoms. The van der Waals surface area contributed by atoms with Crippen molar-refractivity contribution in [1.82, 2.24) is 9.71 Å². The fourth-order valence-corrected chi connectivity index (χ4v) is 0.617. The largest absolute Gasteiger partial charge is 0.427 e. The third-order valence-electron chi connectivity index (χ3n) is 1.23. The summed E-state index contributed by atoms with van der Waals surface area (Å²) in [5.41, 5.74) is 1.35. The normalized spacial score (nSPS) is 12.0. The van der Waals surface area contributed by atoms with Gasteiger partial charge in [0.1, 0.15) is 6.33 Å². The average molecular weight is 139 g/mol. The summed E-state index contributed by atoms with van der Waals surface area (Å²) in [6.07, 6.45) is 1.32. The summed E-state index contributed by atoms with van der Waals surface area (Å²) >= 11 is 0. The van der Waals surface area contributed by atoms with Crippen molar-refractivity contribution in [1.29, 1.82) is 0 Å². The van der Waals surface area contributed by atoms with Crippen LogP contribution in [-0.2, 0) is 0 Å². The Bertz CT molecular complexity index is 289. The van der Waals surface area contributed by atoms with Gasteiger partial charge in [-0.05, 0) is 6.92 Å². The highest BCUT2D eigenvalue weighted by Gasteiger charge is 1.88. The fourth-order valence-electron chi connectivity index (χ4n) is 0.617. The molecule has 0 saturated heterocycles. The first-order chi connectivity index (χ1) is 4.74. The second-order valence-corrected chi connectivity index (χ2v) is 1.96. The van der Waals surface area contributed by atoms with Gasteiger partial charge in [0.25, 0.3) is 0 Å². The van der Waals surface area contributed by atoms with Crippen LogP contribution in [0.15, 0.2) is 17.4 Å². The molecule has 0 atom stereocenters. The summed E-state index contributed by atoms with van der Waals surface area (Å²) in [5, 5.41) is 8.95. The molecule has 0 amide bonds. The van der Waals surface area contributed by atoms with Crippen LogP contribution in [0.5, 0.6) is 0 Å². The maximum Gasteiger partial charge on any atom is 0.150 e. The molecule has 1 heterocycles. The lowest BCUT2D eigenvalue weighted by Crippen LogP contribution is -2.12. The van der Waals surface area contributed by atoms with E-state index >= 15 is 0 Å². The van der Waals surface area contributed by atoms with Crippen LogP contribution in [0.1, 0.15) is 5.69 Å². The molecule has 4 nitrogen and oxygen atoms in total. The molecular weight excluding hydrogens is 130 g/mol. The van der Waals surface area contributed by atoms with Crippen LogP contribution in [0.2, 0.25) is 0 Å². The van der Waals surface area contributed by atoms with Gasteiger partial charge in [0, 0.05) is 13.1 Å². The van der Waals surface area contributed by atoms with Crippen LogP contribution in [0.3, 0.4) is 0 Å². The molecule has 0 fully saturated rings. The molecule has 1 aromatic rings. The molecule has 0 radical (unpaired) electrons. The first-order valence-electron chi connectivity index (χ1n) is 2.91. The van der Waals surface area contributed by atoms with E-state index in [0.717, 1.165) is 10.4 Å². The maximum atomic E-state index is 8.95. The third-order valence-corrected chi connectivity index (χ3v) is 1.23. The number of hydrogen-bond acceptors (Lipinski definition) is 3. The van der Waals surface area contributed by atoms with Gasteiger partial charge in [-0.15, -0.1) is 0 Å². The highest BCUT2D eigenvalue weighted by Crippen LogP contribution is 1.85. The molecule has 0 aromatic carbocycles. The van der Waals surface area contributed by atoms with Crippen molar-refractivity contribution >= 4 is 0 Å². The van der Waals surface area contributed by atoms with Crippen LogP contribution < -0.4 is 5.49 Å². The maximum absolute atomic E-state index is 8.95. The second kappa shape index (κ2) is 2.51. The van der Waals surface area contributed by atoms with E-state index in [-0.39, 0.29) is 0 Å². The van der Waals surface area contributed by atoms with Gasteiger partial charge < -0.3 is 5.21 Å². The van der Waals surface area contributed by atoms with Crippen molar-refractivity contribution < 1.29 is 5.21 Å². The first kappa shape index (κ1) is 6.80. The topological polar surface area (TPSA) is 50.4 Å². The SMILES string of the molecule is CN=c1cc(C)n(O)cn1. The van der Waals surface area contributed by atoms with E-state index in [2.05, 4.69) is 9.98 Å². The van der Waals surface area contributed by atoms with Gasteiger partial charge in [-0.1, -0.05) is 0 Å². The molecule has 1 aromatic heterocycles. The van der Waals surface area contributed by atoms with Gasteiger partial charge in [0.15, 0.2) is 5.49 Å². The highest BCUT2D eigenvalue weighted by atomic mass is 16.5. The van der Waals surface area contributed by atoms with Crippen molar-refractivity contribution in [3.63, 3.8) is 0 Å². The minimum absolute atomic E-state index is 0.628. The molecule has 0 saturated carbocycles. The standard InChI is InChI=1S/C6H9N3O/c1-5-3-6(7-2)8-4-9(5)10/h3-4,10H,1-2H3. The summed E-state index contributed by atoms with van der Waals surface area (Å²) in [6, 6.07) is 1.69. The van der Waals surface area contributed by atoms with E-state index in [1.165, 1.54) is 6.33 Å². The second-order valence-electron chi connectivity index (χ2n) is 1.96. The molecule has 54 valence electrons. The zero-order valence-electron chi connectivity index (χ0n) is 5.94. The van der Waals surface area contributed by atoms with E-state index in [0.29, 0.717) is 5.49 Å². The van der Waals surface area contributed by atoms with Crippen LogP contribution >= 0.6 is 0 Å². The Balaban J connectivity index is 3.31. The Morgan fingerprint density at radius 2 is 2.40 bits per heavy atom. The van der Waals surface area contributed by atoms with Gasteiger partial charge in [-0.25, -0.2) is 4.98 Å². The van der Waals surface area contributed by atoms with Gasteiger partial charge in [0.2, 0.25) is 0 Å². The van der Waals surface area contributed by atoms with Crippen LogP contribution in [0.4, 0.5) is 0 Å². The molecule has 0 unspecified atom stereocenters. The summed E-state index contributed by atoms with van der Waals surface area (Å²) in [6.45, 7) is 1.77.